The third-order valence-corrected chi connectivity index (χ3v) is 8.25. The van der Waals surface area contributed by atoms with Crippen LogP contribution in [0.4, 0.5) is 0 Å². The molecule has 2 heterocycles. The summed E-state index contributed by atoms with van der Waals surface area (Å²) in [4.78, 5) is 41.0. The number of aliphatic imine (C=N–C) groups is 2. The summed E-state index contributed by atoms with van der Waals surface area (Å²) in [5.74, 6) is 3.27. The van der Waals surface area contributed by atoms with Crippen molar-refractivity contribution in [3.63, 3.8) is 0 Å². The minimum atomic E-state index is -0.276. The van der Waals surface area contributed by atoms with Crippen molar-refractivity contribution in [1.29, 1.82) is 0 Å². The van der Waals surface area contributed by atoms with E-state index in [-0.39, 0.29) is 48.5 Å². The van der Waals surface area contributed by atoms with Gasteiger partial charge in [-0.15, -0.1) is 0 Å². The highest BCUT2D eigenvalue weighted by atomic mass is 16.5. The van der Waals surface area contributed by atoms with Crippen LogP contribution in [0.15, 0.2) is 118 Å². The summed E-state index contributed by atoms with van der Waals surface area (Å²) in [6.07, 6.45) is 3.61. The van der Waals surface area contributed by atoms with Gasteiger partial charge in [-0.25, -0.2) is 9.98 Å². The Bertz CT molecular complexity index is 1880. The first kappa shape index (κ1) is 35.7. The minimum absolute atomic E-state index is 0.0476. The minimum Gasteiger partial charge on any atom is -0.497 e. The van der Waals surface area contributed by atoms with Crippen LogP contribution in [0.1, 0.15) is 49.9 Å². The lowest BCUT2D eigenvalue weighted by molar-refractivity contribution is -0.125. The van der Waals surface area contributed by atoms with Crippen molar-refractivity contribution < 1.29 is 28.5 Å². The molecule has 0 saturated heterocycles. The Balaban J connectivity index is 1.30. The Labute approximate surface area is 304 Å². The van der Waals surface area contributed by atoms with E-state index in [4.69, 9.17) is 28.9 Å². The van der Waals surface area contributed by atoms with Gasteiger partial charge in [-0.2, -0.15) is 0 Å². The predicted octanol–water partition coefficient (Wildman–Crippen LogP) is 7.24. The molecule has 10 nitrogen and oxygen atoms in total. The lowest BCUT2D eigenvalue weighted by Crippen LogP contribution is -2.42. The number of rotatable bonds is 13. The van der Waals surface area contributed by atoms with E-state index >= 15 is 0 Å². The van der Waals surface area contributed by atoms with E-state index in [2.05, 4.69) is 0 Å². The molecule has 52 heavy (non-hydrogen) atoms. The topological polar surface area (TPSA) is 102 Å². The molecule has 0 radical (unpaired) electrons. The standard InChI is InChI=1S/C42H42N4O6/c1-27(2)51-35-15-7-29(8-16-35)25-37-41(47)45(39(43-37)31-11-19-33(49-5)20-12-31)23-24-46-40(32-13-21-34(50-6)22-14-32)44-38(42(46)48)26-30-9-17-36(18-10-30)52-28(3)4/h7-22,25-28H,23-24H2,1-6H3/b37-25-,38-26+. The van der Waals surface area contributed by atoms with Gasteiger partial charge in [-0.1, -0.05) is 24.3 Å². The Morgan fingerprint density at radius 1 is 0.519 bits per heavy atom. The zero-order valence-corrected chi connectivity index (χ0v) is 30.2. The normalized spacial score (nSPS) is 15.9. The molecule has 0 unspecified atom stereocenters. The smallest absolute Gasteiger partial charge is 0.278 e. The first-order valence-electron chi connectivity index (χ1n) is 17.2. The number of carbonyl (C=O) groups is 2. The molecule has 0 saturated carbocycles. The van der Waals surface area contributed by atoms with E-state index in [9.17, 15) is 9.59 Å². The number of amides is 2. The maximum atomic E-state index is 14.1. The summed E-state index contributed by atoms with van der Waals surface area (Å²) in [6, 6.07) is 29.8. The quantitative estimate of drug-likeness (QED) is 0.137. The fourth-order valence-electron chi connectivity index (χ4n) is 5.78. The third-order valence-electron chi connectivity index (χ3n) is 8.25. The summed E-state index contributed by atoms with van der Waals surface area (Å²) in [5, 5.41) is 0. The molecule has 0 fully saturated rings. The number of hydrogen-bond acceptors (Lipinski definition) is 8. The molecular formula is C42H42N4O6. The third kappa shape index (κ3) is 8.24. The number of ether oxygens (including phenoxy) is 4. The molecule has 6 rings (SSSR count). The summed E-state index contributed by atoms with van der Waals surface area (Å²) in [6.45, 7) is 8.21. The first-order valence-corrected chi connectivity index (χ1v) is 17.2. The maximum Gasteiger partial charge on any atom is 0.278 e. The molecule has 0 atom stereocenters. The van der Waals surface area contributed by atoms with Gasteiger partial charge in [0.1, 0.15) is 46.1 Å². The van der Waals surface area contributed by atoms with E-state index in [1.807, 2.05) is 125 Å². The fraction of sp³-hybridized carbons (Fsp3) is 0.238. The van der Waals surface area contributed by atoms with Crippen LogP contribution < -0.4 is 18.9 Å². The summed E-state index contributed by atoms with van der Waals surface area (Å²) in [5.41, 5.74) is 3.65. The number of amidine groups is 2. The van der Waals surface area contributed by atoms with Gasteiger partial charge >= 0.3 is 0 Å². The average Bonchev–Trinajstić information content (AvgIpc) is 3.62. The van der Waals surface area contributed by atoms with Crippen molar-refractivity contribution in [2.75, 3.05) is 27.3 Å². The van der Waals surface area contributed by atoms with Crippen LogP contribution in [0.25, 0.3) is 12.2 Å². The van der Waals surface area contributed by atoms with Crippen molar-refractivity contribution in [3.8, 4) is 23.0 Å². The van der Waals surface area contributed by atoms with Crippen molar-refractivity contribution in [2.45, 2.75) is 39.9 Å². The Kier molecular flexibility index (Phi) is 10.8. The molecule has 2 aliphatic rings. The SMILES string of the molecule is COc1ccc(C2=N/C(=C\c3ccc(OC(C)C)cc3)C(=O)N2CCN2C(=O)/C(=C\c3ccc(OC(C)C)cc3)N=C2c2ccc(OC)cc2)cc1. The number of nitrogens with zero attached hydrogens (tertiary/aromatic N) is 4. The monoisotopic (exact) mass is 698 g/mol. The van der Waals surface area contributed by atoms with Gasteiger partial charge in [0.2, 0.25) is 0 Å². The molecule has 0 spiro atoms. The number of benzene rings is 4. The van der Waals surface area contributed by atoms with Gasteiger partial charge < -0.3 is 18.9 Å². The maximum absolute atomic E-state index is 14.1. The summed E-state index contributed by atoms with van der Waals surface area (Å²) < 4.78 is 22.3. The fourth-order valence-corrected chi connectivity index (χ4v) is 5.78. The lowest BCUT2D eigenvalue weighted by atomic mass is 10.1. The van der Waals surface area contributed by atoms with E-state index in [0.717, 1.165) is 33.8 Å². The first-order chi connectivity index (χ1) is 25.1. The second kappa shape index (κ2) is 15.8. The van der Waals surface area contributed by atoms with Crippen LogP contribution in [0.5, 0.6) is 23.0 Å². The highest BCUT2D eigenvalue weighted by Crippen LogP contribution is 2.28. The zero-order valence-electron chi connectivity index (χ0n) is 30.2. The van der Waals surface area contributed by atoms with E-state index < -0.39 is 0 Å². The summed E-state index contributed by atoms with van der Waals surface area (Å²) >= 11 is 0. The van der Waals surface area contributed by atoms with Crippen molar-refractivity contribution >= 4 is 35.6 Å². The van der Waals surface area contributed by atoms with Gasteiger partial charge in [0, 0.05) is 24.2 Å². The van der Waals surface area contributed by atoms with Gasteiger partial charge in [0.25, 0.3) is 11.8 Å². The molecule has 0 bridgehead atoms. The predicted molar refractivity (Wildman–Crippen MR) is 203 cm³/mol. The Morgan fingerprint density at radius 3 is 1.15 bits per heavy atom. The molecule has 0 aromatic heterocycles. The van der Waals surface area contributed by atoms with Gasteiger partial charge in [-0.3, -0.25) is 19.4 Å². The molecule has 0 N–H and O–H groups in total. The van der Waals surface area contributed by atoms with Crippen LogP contribution in [-0.2, 0) is 9.59 Å². The Morgan fingerprint density at radius 2 is 0.846 bits per heavy atom. The van der Waals surface area contributed by atoms with Gasteiger partial charge in [0.05, 0.1) is 26.4 Å². The molecule has 2 aliphatic heterocycles. The van der Waals surface area contributed by atoms with E-state index in [1.54, 1.807) is 36.2 Å². The van der Waals surface area contributed by atoms with Crippen molar-refractivity contribution in [1.82, 2.24) is 9.80 Å². The Hall–Kier alpha value is -6.16. The molecule has 10 heteroatoms. The molecule has 4 aromatic carbocycles. The number of methoxy groups -OCH3 is 2. The van der Waals surface area contributed by atoms with Crippen LogP contribution in [0.2, 0.25) is 0 Å². The lowest BCUT2D eigenvalue weighted by Gasteiger charge is -2.24. The largest absolute Gasteiger partial charge is 0.497 e. The van der Waals surface area contributed by atoms with E-state index in [0.29, 0.717) is 23.2 Å². The van der Waals surface area contributed by atoms with E-state index in [1.165, 1.54) is 0 Å². The summed E-state index contributed by atoms with van der Waals surface area (Å²) in [7, 11) is 3.20. The van der Waals surface area contributed by atoms with Crippen molar-refractivity contribution in [3.05, 3.63) is 131 Å². The highest BCUT2D eigenvalue weighted by molar-refractivity contribution is 6.21. The van der Waals surface area contributed by atoms with Crippen LogP contribution >= 0.6 is 0 Å². The number of hydrogen-bond donors (Lipinski definition) is 0. The molecule has 0 aliphatic carbocycles. The highest BCUT2D eigenvalue weighted by Gasteiger charge is 2.35. The molecule has 4 aromatic rings. The second-order valence-electron chi connectivity index (χ2n) is 12.8. The van der Waals surface area contributed by atoms with Gasteiger partial charge in [-0.05, 0) is 124 Å². The number of carbonyl (C=O) groups excluding carboxylic acids is 2. The molecule has 2 amide bonds. The second-order valence-corrected chi connectivity index (χ2v) is 12.8. The zero-order chi connectivity index (χ0) is 36.8. The average molecular weight is 699 g/mol. The van der Waals surface area contributed by atoms with Crippen LogP contribution in [0, 0.1) is 0 Å². The van der Waals surface area contributed by atoms with Crippen LogP contribution in [-0.4, -0.2) is 72.8 Å². The van der Waals surface area contributed by atoms with Crippen molar-refractivity contribution in [2.24, 2.45) is 9.98 Å². The molecular weight excluding hydrogens is 656 g/mol. The molecule has 266 valence electrons. The van der Waals surface area contributed by atoms with Crippen LogP contribution in [0.3, 0.4) is 0 Å². The van der Waals surface area contributed by atoms with Gasteiger partial charge in [0.15, 0.2) is 0 Å².